The van der Waals surface area contributed by atoms with Crippen LogP contribution in [0.5, 0.6) is 0 Å². The number of amides is 1. The van der Waals surface area contributed by atoms with Crippen LogP contribution in [-0.2, 0) is 11.3 Å². The number of hydrogen-bond acceptors (Lipinski definition) is 4. The molecular formula is C20H12Cl2F4N4O2. The molecule has 2 aromatic heterocycles. The topological polar surface area (TPSA) is 73.0 Å². The zero-order valence-corrected chi connectivity index (χ0v) is 17.6. The fourth-order valence-electron chi connectivity index (χ4n) is 3.25. The summed E-state index contributed by atoms with van der Waals surface area (Å²) in [6.07, 6.45) is -3.37. The van der Waals surface area contributed by atoms with Gasteiger partial charge in [-0.1, -0.05) is 34.4 Å². The molecule has 0 aliphatic carbocycles. The van der Waals surface area contributed by atoms with Gasteiger partial charge >= 0.3 is 18.1 Å². The Balaban J connectivity index is 1.79. The van der Waals surface area contributed by atoms with E-state index in [1.165, 1.54) is 11.4 Å². The zero-order chi connectivity index (χ0) is 23.2. The number of benzene rings is 2. The average molecular weight is 487 g/mol. The minimum Gasteiger partial charge on any atom is -0.403 e. The van der Waals surface area contributed by atoms with Gasteiger partial charge in [0.1, 0.15) is 5.82 Å². The molecule has 2 aromatic carbocycles. The highest BCUT2D eigenvalue weighted by molar-refractivity contribution is 6.35. The predicted molar refractivity (Wildman–Crippen MR) is 110 cm³/mol. The number of nitrogens with zero attached hydrogens (tertiary/aromatic N) is 3. The number of hydrogen-bond donors (Lipinski definition) is 1. The summed E-state index contributed by atoms with van der Waals surface area (Å²) in [5.74, 6) is -3.15. The molecule has 0 bridgehead atoms. The highest BCUT2D eigenvalue weighted by Gasteiger charge is 2.39. The number of nitrogens with one attached hydrogen (secondary N) is 1. The van der Waals surface area contributed by atoms with E-state index in [1.54, 1.807) is 35.9 Å². The monoisotopic (exact) mass is 486 g/mol. The molecule has 0 fully saturated rings. The predicted octanol–water partition coefficient (Wildman–Crippen LogP) is 5.99. The maximum atomic E-state index is 14.3. The van der Waals surface area contributed by atoms with Crippen LogP contribution in [0.25, 0.3) is 22.4 Å². The van der Waals surface area contributed by atoms with Crippen molar-refractivity contribution in [3.8, 4) is 11.5 Å². The third-order valence-corrected chi connectivity index (χ3v) is 5.21. The average Bonchev–Trinajstić information content (AvgIpc) is 3.28. The van der Waals surface area contributed by atoms with Gasteiger partial charge in [-0.25, -0.2) is 4.39 Å². The lowest BCUT2D eigenvalue weighted by Gasteiger charge is -2.10. The number of fused-ring (bicyclic) bond motifs is 1. The summed E-state index contributed by atoms with van der Waals surface area (Å²) in [6, 6.07) is 6.67. The van der Waals surface area contributed by atoms with Gasteiger partial charge in [-0.2, -0.15) is 13.2 Å². The van der Waals surface area contributed by atoms with Gasteiger partial charge in [0.05, 0.1) is 11.1 Å². The minimum absolute atomic E-state index is 0.137. The first-order chi connectivity index (χ1) is 15.0. The van der Waals surface area contributed by atoms with E-state index in [2.05, 4.69) is 10.2 Å². The molecule has 166 valence electrons. The molecule has 1 amide bonds. The first kappa shape index (κ1) is 22.1. The van der Waals surface area contributed by atoms with Crippen molar-refractivity contribution in [2.75, 3.05) is 5.32 Å². The fraction of sp³-hybridized carbons (Fsp3) is 0.150. The summed E-state index contributed by atoms with van der Waals surface area (Å²) < 4.78 is 58.7. The number of aryl methyl sites for hydroxylation is 1. The minimum atomic E-state index is -5.13. The van der Waals surface area contributed by atoms with Crippen molar-refractivity contribution in [1.82, 2.24) is 14.8 Å². The number of aromatic nitrogens is 3. The van der Waals surface area contributed by atoms with Crippen molar-refractivity contribution in [1.29, 1.82) is 0 Å². The third-order valence-electron chi connectivity index (χ3n) is 4.63. The summed E-state index contributed by atoms with van der Waals surface area (Å²) in [5, 5.41) is 9.99. The first-order valence-corrected chi connectivity index (χ1v) is 9.73. The second kappa shape index (κ2) is 8.10. The molecule has 32 heavy (non-hydrogen) atoms. The van der Waals surface area contributed by atoms with Crippen LogP contribution in [0, 0.1) is 12.7 Å². The van der Waals surface area contributed by atoms with Crippen LogP contribution in [0.3, 0.4) is 0 Å². The molecule has 0 saturated heterocycles. The standard InChI is InChI=1S/C20H12Cl2F4N4O2/c1-9-7-30(8-10-2-3-11(21)4-15(10)22)16-13(9)5-12(23)6-14(16)17-28-29-19(32-17)27-18(31)20(24,25)26/h2-7H,8H2,1H3,(H,27,29,31). The molecule has 0 spiro atoms. The summed E-state index contributed by atoms with van der Waals surface area (Å²) >= 11 is 12.2. The van der Waals surface area contributed by atoms with Crippen LogP contribution >= 0.6 is 23.2 Å². The maximum absolute atomic E-state index is 14.3. The number of anilines is 1. The van der Waals surface area contributed by atoms with Crippen LogP contribution < -0.4 is 5.32 Å². The molecule has 4 aromatic rings. The van der Waals surface area contributed by atoms with Gasteiger partial charge in [0, 0.05) is 28.2 Å². The van der Waals surface area contributed by atoms with E-state index in [9.17, 15) is 22.4 Å². The normalized spacial score (nSPS) is 11.8. The maximum Gasteiger partial charge on any atom is 0.471 e. The van der Waals surface area contributed by atoms with Crippen LogP contribution in [0.1, 0.15) is 11.1 Å². The molecule has 0 unspecified atom stereocenters. The second-order valence-electron chi connectivity index (χ2n) is 6.89. The molecule has 0 aliphatic rings. The third kappa shape index (κ3) is 4.28. The van der Waals surface area contributed by atoms with Crippen molar-refractivity contribution < 1.29 is 26.8 Å². The number of rotatable bonds is 4. The fourth-order valence-corrected chi connectivity index (χ4v) is 3.72. The highest BCUT2D eigenvalue weighted by Crippen LogP contribution is 2.34. The van der Waals surface area contributed by atoms with Gasteiger partial charge in [-0.15, -0.1) is 5.10 Å². The molecule has 1 N–H and O–H groups in total. The van der Waals surface area contributed by atoms with Gasteiger partial charge in [-0.3, -0.25) is 10.1 Å². The number of carbonyl (C=O) groups excluding carboxylic acids is 1. The van der Waals surface area contributed by atoms with E-state index >= 15 is 0 Å². The lowest BCUT2D eigenvalue weighted by molar-refractivity contribution is -0.167. The SMILES string of the molecule is Cc1cn(Cc2ccc(Cl)cc2Cl)c2c(-c3nnc(NC(=O)C(F)(F)F)o3)cc(F)cc12. The summed E-state index contributed by atoms with van der Waals surface area (Å²) in [6.45, 7) is 2.05. The zero-order valence-electron chi connectivity index (χ0n) is 16.1. The largest absolute Gasteiger partial charge is 0.471 e. The Bertz CT molecular complexity index is 1350. The summed E-state index contributed by atoms with van der Waals surface area (Å²) in [7, 11) is 0. The molecule has 2 heterocycles. The molecule has 0 aliphatic heterocycles. The van der Waals surface area contributed by atoms with Crippen LogP contribution in [0.4, 0.5) is 23.6 Å². The van der Waals surface area contributed by atoms with Crippen molar-refractivity contribution in [3.63, 3.8) is 0 Å². The van der Waals surface area contributed by atoms with Crippen LogP contribution in [0.15, 0.2) is 40.9 Å². The Morgan fingerprint density at radius 3 is 2.62 bits per heavy atom. The van der Waals surface area contributed by atoms with Crippen molar-refractivity contribution in [2.45, 2.75) is 19.6 Å². The summed E-state index contributed by atoms with van der Waals surface area (Å²) in [5.41, 5.74) is 2.09. The molecule has 0 atom stereocenters. The van der Waals surface area contributed by atoms with E-state index in [-0.39, 0.29) is 18.0 Å². The Morgan fingerprint density at radius 1 is 1.19 bits per heavy atom. The Labute approximate surface area is 187 Å². The number of alkyl halides is 3. The van der Waals surface area contributed by atoms with Crippen LogP contribution in [-0.4, -0.2) is 26.8 Å². The Morgan fingerprint density at radius 2 is 1.94 bits per heavy atom. The molecule has 6 nitrogen and oxygen atoms in total. The highest BCUT2D eigenvalue weighted by atomic mass is 35.5. The smallest absolute Gasteiger partial charge is 0.403 e. The Hall–Kier alpha value is -3.11. The van der Waals surface area contributed by atoms with Crippen LogP contribution in [0.2, 0.25) is 10.0 Å². The molecule has 4 rings (SSSR count). The van der Waals surface area contributed by atoms with E-state index in [4.69, 9.17) is 27.6 Å². The quantitative estimate of drug-likeness (QED) is 0.359. The first-order valence-electron chi connectivity index (χ1n) is 8.98. The van der Waals surface area contributed by atoms with Gasteiger partial charge in [0.2, 0.25) is 0 Å². The molecular weight excluding hydrogens is 475 g/mol. The molecule has 12 heteroatoms. The second-order valence-corrected chi connectivity index (χ2v) is 7.73. The van der Waals surface area contributed by atoms with E-state index in [0.29, 0.717) is 20.9 Å². The molecule has 0 saturated carbocycles. The van der Waals surface area contributed by atoms with Gasteiger partial charge in [0.25, 0.3) is 5.89 Å². The van der Waals surface area contributed by atoms with E-state index < -0.39 is 23.9 Å². The van der Waals surface area contributed by atoms with Crippen molar-refractivity contribution in [3.05, 3.63) is 63.5 Å². The van der Waals surface area contributed by atoms with Crippen molar-refractivity contribution >= 4 is 46.0 Å². The summed E-state index contributed by atoms with van der Waals surface area (Å²) in [4.78, 5) is 11.1. The van der Waals surface area contributed by atoms with E-state index in [0.717, 1.165) is 17.2 Å². The number of halogens is 6. The van der Waals surface area contributed by atoms with Crippen molar-refractivity contribution in [2.24, 2.45) is 0 Å². The lowest BCUT2D eigenvalue weighted by Crippen LogP contribution is -2.30. The van der Waals surface area contributed by atoms with Gasteiger partial charge in [-0.05, 0) is 42.3 Å². The molecule has 0 radical (unpaired) electrons. The number of carbonyl (C=O) groups is 1. The van der Waals surface area contributed by atoms with Gasteiger partial charge in [0.15, 0.2) is 0 Å². The lowest BCUT2D eigenvalue weighted by atomic mass is 10.1. The Kier molecular flexibility index (Phi) is 5.59. The van der Waals surface area contributed by atoms with Gasteiger partial charge < -0.3 is 8.98 Å². The van der Waals surface area contributed by atoms with E-state index in [1.807, 2.05) is 0 Å².